The number of nitrogens with two attached hydrogens (primary N) is 1. The van der Waals surface area contributed by atoms with Gasteiger partial charge in [0, 0.05) is 12.2 Å². The molecule has 7 heteroatoms. The van der Waals surface area contributed by atoms with Gasteiger partial charge < -0.3 is 10.5 Å². The summed E-state index contributed by atoms with van der Waals surface area (Å²) in [5.74, 6) is 0.233. The molecule has 1 heterocycles. The number of pyridine rings is 1. The van der Waals surface area contributed by atoms with Crippen molar-refractivity contribution in [2.75, 3.05) is 0 Å². The molecule has 1 aliphatic carbocycles. The Kier molecular flexibility index (Phi) is 3.06. The van der Waals surface area contributed by atoms with Gasteiger partial charge in [-0.3, -0.25) is 15.1 Å². The van der Waals surface area contributed by atoms with Gasteiger partial charge in [0.15, 0.2) is 0 Å². The van der Waals surface area contributed by atoms with E-state index >= 15 is 0 Å². The molecule has 6 nitrogen and oxygen atoms in total. The lowest BCUT2D eigenvalue weighted by Crippen LogP contribution is -2.43. The monoisotopic (exact) mass is 287 g/mol. The highest BCUT2D eigenvalue weighted by Gasteiger charge is 2.31. The van der Waals surface area contributed by atoms with Crippen LogP contribution in [-0.4, -0.2) is 22.1 Å². The van der Waals surface area contributed by atoms with Crippen LogP contribution in [0.4, 0.5) is 5.69 Å². The van der Waals surface area contributed by atoms with Crippen molar-refractivity contribution in [2.24, 2.45) is 5.73 Å². The molecule has 0 radical (unpaired) electrons. The first-order valence-electron chi connectivity index (χ1n) is 4.78. The van der Waals surface area contributed by atoms with Crippen LogP contribution in [0.15, 0.2) is 16.9 Å². The van der Waals surface area contributed by atoms with Crippen LogP contribution in [0.2, 0.25) is 0 Å². The van der Waals surface area contributed by atoms with Crippen molar-refractivity contribution in [3.8, 4) is 5.75 Å². The zero-order valence-electron chi connectivity index (χ0n) is 8.30. The van der Waals surface area contributed by atoms with E-state index < -0.39 is 4.92 Å². The van der Waals surface area contributed by atoms with E-state index in [9.17, 15) is 10.1 Å². The average Bonchev–Trinajstić information content (AvgIpc) is 2.18. The zero-order chi connectivity index (χ0) is 11.7. The van der Waals surface area contributed by atoms with Crippen molar-refractivity contribution in [1.82, 2.24) is 4.98 Å². The van der Waals surface area contributed by atoms with Gasteiger partial charge in [-0.15, -0.1) is 0 Å². The first kappa shape index (κ1) is 11.3. The van der Waals surface area contributed by atoms with E-state index in [0.29, 0.717) is 4.47 Å². The SMILES string of the molecule is NC1CC(Oc2c(Br)cncc2[N+](=O)[O-])C1. The Bertz CT molecular complexity index is 420. The van der Waals surface area contributed by atoms with E-state index in [-0.39, 0.29) is 23.6 Å². The van der Waals surface area contributed by atoms with Crippen LogP contribution in [0.25, 0.3) is 0 Å². The molecule has 0 saturated heterocycles. The molecule has 0 amide bonds. The normalized spacial score (nSPS) is 23.6. The maximum atomic E-state index is 10.8. The third kappa shape index (κ3) is 2.14. The molecular formula is C9H10BrN3O3. The molecule has 1 aromatic heterocycles. The molecule has 1 aliphatic rings. The van der Waals surface area contributed by atoms with E-state index in [2.05, 4.69) is 20.9 Å². The van der Waals surface area contributed by atoms with Crippen molar-refractivity contribution in [1.29, 1.82) is 0 Å². The minimum Gasteiger partial charge on any atom is -0.483 e. The number of aromatic nitrogens is 1. The summed E-state index contributed by atoms with van der Waals surface area (Å²) in [6.07, 6.45) is 4.07. The van der Waals surface area contributed by atoms with Crippen LogP contribution in [0.5, 0.6) is 5.75 Å². The summed E-state index contributed by atoms with van der Waals surface area (Å²) in [6.45, 7) is 0. The fourth-order valence-electron chi connectivity index (χ4n) is 1.53. The van der Waals surface area contributed by atoms with E-state index in [4.69, 9.17) is 10.5 Å². The summed E-state index contributed by atoms with van der Waals surface area (Å²) < 4.78 is 6.02. The summed E-state index contributed by atoms with van der Waals surface area (Å²) in [5.41, 5.74) is 5.49. The molecule has 1 saturated carbocycles. The van der Waals surface area contributed by atoms with Gasteiger partial charge in [0.2, 0.25) is 5.75 Å². The molecule has 2 rings (SSSR count). The lowest BCUT2D eigenvalue weighted by atomic mass is 9.90. The maximum Gasteiger partial charge on any atom is 0.330 e. The number of ether oxygens (including phenoxy) is 1. The summed E-state index contributed by atoms with van der Waals surface area (Å²) in [5, 5.41) is 10.8. The molecule has 0 unspecified atom stereocenters. The Morgan fingerprint density at radius 1 is 1.56 bits per heavy atom. The van der Waals surface area contributed by atoms with Crippen molar-refractivity contribution in [3.05, 3.63) is 27.0 Å². The fraction of sp³-hybridized carbons (Fsp3) is 0.444. The van der Waals surface area contributed by atoms with Gasteiger partial charge in [-0.2, -0.15) is 0 Å². The van der Waals surface area contributed by atoms with Crippen molar-refractivity contribution in [2.45, 2.75) is 25.0 Å². The van der Waals surface area contributed by atoms with Crippen LogP contribution in [0.1, 0.15) is 12.8 Å². The van der Waals surface area contributed by atoms with Crippen molar-refractivity contribution in [3.63, 3.8) is 0 Å². The largest absolute Gasteiger partial charge is 0.483 e. The van der Waals surface area contributed by atoms with E-state index in [1.54, 1.807) is 0 Å². The van der Waals surface area contributed by atoms with Crippen LogP contribution >= 0.6 is 15.9 Å². The summed E-state index contributed by atoms with van der Waals surface area (Å²) in [7, 11) is 0. The predicted molar refractivity (Wildman–Crippen MR) is 60.2 cm³/mol. The highest BCUT2D eigenvalue weighted by molar-refractivity contribution is 9.10. The standard InChI is InChI=1S/C9H10BrN3O3/c10-7-3-12-4-8(13(14)15)9(7)16-6-1-5(11)2-6/h3-6H,1-2,11H2. The Balaban J connectivity index is 2.21. The molecular weight excluding hydrogens is 278 g/mol. The topological polar surface area (TPSA) is 91.3 Å². The van der Waals surface area contributed by atoms with Gasteiger partial charge in [0.25, 0.3) is 0 Å². The highest BCUT2D eigenvalue weighted by Crippen LogP contribution is 2.36. The van der Waals surface area contributed by atoms with Crippen molar-refractivity contribution >= 4 is 21.6 Å². The molecule has 16 heavy (non-hydrogen) atoms. The molecule has 1 fully saturated rings. The van der Waals surface area contributed by atoms with E-state index in [1.807, 2.05) is 0 Å². The lowest BCUT2D eigenvalue weighted by Gasteiger charge is -2.32. The Hall–Kier alpha value is -1.21. The van der Waals surface area contributed by atoms with Crippen LogP contribution in [-0.2, 0) is 0 Å². The van der Waals surface area contributed by atoms with Crippen LogP contribution < -0.4 is 10.5 Å². The molecule has 0 aliphatic heterocycles. The van der Waals surface area contributed by atoms with Gasteiger partial charge in [-0.05, 0) is 28.8 Å². The second-order valence-electron chi connectivity index (χ2n) is 3.70. The molecule has 0 spiro atoms. The number of rotatable bonds is 3. The van der Waals surface area contributed by atoms with Gasteiger partial charge >= 0.3 is 5.69 Å². The van der Waals surface area contributed by atoms with E-state index in [1.165, 1.54) is 12.4 Å². The molecule has 0 aromatic carbocycles. The third-order valence-corrected chi connectivity index (χ3v) is 3.01. The van der Waals surface area contributed by atoms with Crippen LogP contribution in [0.3, 0.4) is 0 Å². The van der Waals surface area contributed by atoms with Crippen molar-refractivity contribution < 1.29 is 9.66 Å². The number of nitro groups is 1. The maximum absolute atomic E-state index is 10.8. The van der Waals surface area contributed by atoms with Crippen LogP contribution in [0, 0.1) is 10.1 Å². The first-order chi connectivity index (χ1) is 7.58. The van der Waals surface area contributed by atoms with Gasteiger partial charge in [0.1, 0.15) is 12.3 Å². The number of hydrogen-bond acceptors (Lipinski definition) is 5. The highest BCUT2D eigenvalue weighted by atomic mass is 79.9. The Morgan fingerprint density at radius 2 is 2.25 bits per heavy atom. The van der Waals surface area contributed by atoms with Gasteiger partial charge in [-0.25, -0.2) is 0 Å². The Morgan fingerprint density at radius 3 is 2.81 bits per heavy atom. The summed E-state index contributed by atoms with van der Waals surface area (Å²) >= 11 is 3.19. The number of hydrogen-bond donors (Lipinski definition) is 1. The first-order valence-corrected chi connectivity index (χ1v) is 5.57. The Labute approximate surface area is 100 Å². The fourth-order valence-corrected chi connectivity index (χ4v) is 1.94. The molecule has 1 aromatic rings. The number of nitrogens with zero attached hydrogens (tertiary/aromatic N) is 2. The minimum atomic E-state index is -0.508. The lowest BCUT2D eigenvalue weighted by molar-refractivity contribution is -0.386. The second kappa shape index (κ2) is 4.34. The zero-order valence-corrected chi connectivity index (χ0v) is 9.88. The second-order valence-corrected chi connectivity index (χ2v) is 4.55. The molecule has 86 valence electrons. The summed E-state index contributed by atoms with van der Waals surface area (Å²) in [6, 6.07) is 0.143. The minimum absolute atomic E-state index is 0.0348. The summed E-state index contributed by atoms with van der Waals surface area (Å²) in [4.78, 5) is 14.0. The molecule has 0 atom stereocenters. The smallest absolute Gasteiger partial charge is 0.330 e. The predicted octanol–water partition coefficient (Wildman–Crippen LogP) is 1.62. The third-order valence-electron chi connectivity index (χ3n) is 2.45. The average molecular weight is 288 g/mol. The quantitative estimate of drug-likeness (QED) is 0.674. The van der Waals surface area contributed by atoms with Gasteiger partial charge in [0.05, 0.1) is 9.40 Å². The molecule has 0 bridgehead atoms. The number of halogens is 1. The van der Waals surface area contributed by atoms with E-state index in [0.717, 1.165) is 12.8 Å². The van der Waals surface area contributed by atoms with Gasteiger partial charge in [-0.1, -0.05) is 0 Å². The molecule has 2 N–H and O–H groups in total.